The van der Waals surface area contributed by atoms with Crippen LogP contribution in [0.4, 0.5) is 0 Å². The number of aliphatic hydroxyl groups is 2. The van der Waals surface area contributed by atoms with Crippen LogP contribution in [0, 0.1) is 16.2 Å². The third-order valence-electron chi connectivity index (χ3n) is 7.99. The Balaban J connectivity index is 4.02. The lowest BCUT2D eigenvalue weighted by Crippen LogP contribution is -2.73. The van der Waals surface area contributed by atoms with Crippen LogP contribution < -0.4 is 5.73 Å². The van der Waals surface area contributed by atoms with Gasteiger partial charge in [0.1, 0.15) is 5.41 Å². The number of carbonyl (C=O) groups is 2. The Hall–Kier alpha value is -1.14. The Morgan fingerprint density at radius 2 is 1.12 bits per heavy atom. The van der Waals surface area contributed by atoms with Crippen LogP contribution in [0.2, 0.25) is 0 Å². The van der Waals surface area contributed by atoms with Crippen molar-refractivity contribution in [3.63, 3.8) is 0 Å². The molecule has 1 aliphatic carbocycles. The molecule has 1 rings (SSSR count). The van der Waals surface area contributed by atoms with Gasteiger partial charge in [0.15, 0.2) is 0 Å². The normalized spacial score (nSPS) is 19.1. The highest BCUT2D eigenvalue weighted by Crippen LogP contribution is 2.50. The van der Waals surface area contributed by atoms with Gasteiger partial charge in [-0.15, -0.1) is 0 Å². The van der Waals surface area contributed by atoms with Gasteiger partial charge >= 0.3 is 0 Å². The predicted molar refractivity (Wildman–Crippen MR) is 130 cm³/mol. The lowest BCUT2D eigenvalue weighted by Gasteiger charge is -2.59. The zero-order chi connectivity index (χ0) is 25.3. The van der Waals surface area contributed by atoms with Crippen molar-refractivity contribution in [3.8, 4) is 0 Å². The summed E-state index contributed by atoms with van der Waals surface area (Å²) in [6.07, 6.45) is 3.40. The Labute approximate surface area is 196 Å². The molecule has 2 amide bonds. The molecule has 0 saturated heterocycles. The van der Waals surface area contributed by atoms with Gasteiger partial charge in [0.25, 0.3) is 0 Å². The van der Waals surface area contributed by atoms with Gasteiger partial charge in [0.05, 0.1) is 23.3 Å². The molecule has 4 N–H and O–H groups in total. The second-order valence-corrected chi connectivity index (χ2v) is 12.2. The molecule has 0 heterocycles. The molecular weight excluding hydrogens is 404 g/mol. The molecule has 0 aromatic carbocycles. The molecule has 0 bridgehead atoms. The maximum atomic E-state index is 14.4. The Morgan fingerprint density at radius 1 is 0.812 bits per heavy atom. The fraction of sp³-hybridized carbons (Fsp3) is 0.923. The molecule has 0 aromatic rings. The molecule has 1 aliphatic rings. The minimum absolute atomic E-state index is 0.336. The SMILES string of the molecule is CCC(O)(CC)C(N(C(=O)C1(C(N)=O)CCC1)C(C(C)(C)C)C(O)(CC)CC)C(C)(C)C. The standard InChI is InChI=1S/C26H50N2O4/c1-11-25(31,12-2)18(22(5,6)7)28(21(30)24(20(27)29)16-15-17-24)19(23(8,9)10)26(32,13-3)14-4/h18-19,31-32H,11-17H2,1-10H3,(H2,27,29). The summed E-state index contributed by atoms with van der Waals surface area (Å²) in [5.41, 5.74) is 1.19. The van der Waals surface area contributed by atoms with Gasteiger partial charge in [-0.3, -0.25) is 9.59 Å². The van der Waals surface area contributed by atoms with E-state index in [2.05, 4.69) is 0 Å². The Bertz CT molecular complexity index is 626. The zero-order valence-electron chi connectivity index (χ0n) is 22.3. The zero-order valence-corrected chi connectivity index (χ0v) is 22.3. The first kappa shape index (κ1) is 28.9. The van der Waals surface area contributed by atoms with Gasteiger partial charge < -0.3 is 20.8 Å². The van der Waals surface area contributed by atoms with E-state index in [1.54, 1.807) is 4.90 Å². The van der Waals surface area contributed by atoms with Crippen LogP contribution in [0.15, 0.2) is 0 Å². The average Bonchev–Trinajstić information content (AvgIpc) is 2.63. The van der Waals surface area contributed by atoms with Crippen LogP contribution in [-0.4, -0.2) is 50.2 Å². The van der Waals surface area contributed by atoms with Gasteiger partial charge in [0, 0.05) is 0 Å². The van der Waals surface area contributed by atoms with E-state index in [-0.39, 0.29) is 5.91 Å². The monoisotopic (exact) mass is 454 g/mol. The summed E-state index contributed by atoms with van der Waals surface area (Å²) >= 11 is 0. The smallest absolute Gasteiger partial charge is 0.238 e. The van der Waals surface area contributed by atoms with Gasteiger partial charge in [-0.25, -0.2) is 0 Å². The lowest BCUT2D eigenvalue weighted by atomic mass is 9.62. The van der Waals surface area contributed by atoms with Crippen molar-refractivity contribution >= 4 is 11.8 Å². The van der Waals surface area contributed by atoms with Crippen LogP contribution in [0.1, 0.15) is 114 Å². The summed E-state index contributed by atoms with van der Waals surface area (Å²) in [5, 5.41) is 23.7. The Kier molecular flexibility index (Phi) is 8.68. The van der Waals surface area contributed by atoms with E-state index in [4.69, 9.17) is 5.73 Å². The fourth-order valence-electron chi connectivity index (χ4n) is 5.96. The van der Waals surface area contributed by atoms with Crippen LogP contribution in [0.25, 0.3) is 0 Å². The van der Waals surface area contributed by atoms with Crippen molar-refractivity contribution in [1.82, 2.24) is 4.90 Å². The molecule has 188 valence electrons. The van der Waals surface area contributed by atoms with E-state index in [0.717, 1.165) is 6.42 Å². The first-order valence-electron chi connectivity index (χ1n) is 12.5. The van der Waals surface area contributed by atoms with E-state index < -0.39 is 45.4 Å². The highest BCUT2D eigenvalue weighted by atomic mass is 16.3. The first-order chi connectivity index (χ1) is 14.4. The van der Waals surface area contributed by atoms with E-state index in [1.165, 1.54) is 0 Å². The topological polar surface area (TPSA) is 104 Å². The largest absolute Gasteiger partial charge is 0.388 e. The number of amides is 2. The van der Waals surface area contributed by atoms with Gasteiger partial charge in [0.2, 0.25) is 11.8 Å². The summed E-state index contributed by atoms with van der Waals surface area (Å²) in [7, 11) is 0. The molecule has 0 radical (unpaired) electrons. The summed E-state index contributed by atoms with van der Waals surface area (Å²) < 4.78 is 0. The van der Waals surface area contributed by atoms with Crippen molar-refractivity contribution < 1.29 is 19.8 Å². The molecule has 6 heteroatoms. The summed E-state index contributed by atoms with van der Waals surface area (Å²) in [4.78, 5) is 28.8. The maximum absolute atomic E-state index is 14.4. The molecular formula is C26H50N2O4. The van der Waals surface area contributed by atoms with E-state index >= 15 is 0 Å². The first-order valence-corrected chi connectivity index (χ1v) is 12.5. The molecule has 1 saturated carbocycles. The Morgan fingerprint density at radius 3 is 1.28 bits per heavy atom. The van der Waals surface area contributed by atoms with Crippen molar-refractivity contribution in [3.05, 3.63) is 0 Å². The van der Waals surface area contributed by atoms with Crippen molar-refractivity contribution in [1.29, 1.82) is 0 Å². The molecule has 6 nitrogen and oxygen atoms in total. The highest BCUT2D eigenvalue weighted by molar-refractivity contribution is 6.05. The quantitative estimate of drug-likeness (QED) is 0.426. The second-order valence-electron chi connectivity index (χ2n) is 12.2. The number of hydrogen-bond acceptors (Lipinski definition) is 4. The number of nitrogens with zero attached hydrogens (tertiary/aromatic N) is 1. The van der Waals surface area contributed by atoms with E-state index in [1.807, 2.05) is 69.2 Å². The van der Waals surface area contributed by atoms with Gasteiger partial charge in [-0.1, -0.05) is 75.7 Å². The third-order valence-corrected chi connectivity index (χ3v) is 7.99. The minimum atomic E-state index is -1.27. The molecule has 1 fully saturated rings. The van der Waals surface area contributed by atoms with Crippen molar-refractivity contribution in [2.45, 2.75) is 137 Å². The minimum Gasteiger partial charge on any atom is -0.388 e. The maximum Gasteiger partial charge on any atom is 0.238 e. The molecule has 32 heavy (non-hydrogen) atoms. The van der Waals surface area contributed by atoms with E-state index in [9.17, 15) is 19.8 Å². The number of carbonyl (C=O) groups excluding carboxylic acids is 2. The van der Waals surface area contributed by atoms with Crippen LogP contribution in [-0.2, 0) is 9.59 Å². The summed E-state index contributed by atoms with van der Waals surface area (Å²) in [6, 6.07) is -1.22. The van der Waals surface area contributed by atoms with E-state index in [0.29, 0.717) is 38.5 Å². The molecule has 2 unspecified atom stereocenters. The average molecular weight is 455 g/mol. The van der Waals surface area contributed by atoms with Crippen LogP contribution in [0.5, 0.6) is 0 Å². The van der Waals surface area contributed by atoms with Gasteiger partial charge in [-0.05, 0) is 49.4 Å². The summed E-state index contributed by atoms with van der Waals surface area (Å²) in [5.74, 6) is -0.941. The molecule has 0 aliphatic heterocycles. The number of rotatable bonds is 10. The molecule has 2 atom stereocenters. The molecule has 0 spiro atoms. The van der Waals surface area contributed by atoms with Crippen molar-refractivity contribution in [2.24, 2.45) is 22.0 Å². The number of primary amides is 1. The number of nitrogens with two attached hydrogens (primary N) is 1. The second kappa shape index (κ2) is 9.61. The lowest BCUT2D eigenvalue weighted by molar-refractivity contribution is -0.196. The highest BCUT2D eigenvalue weighted by Gasteiger charge is 2.61. The van der Waals surface area contributed by atoms with Crippen molar-refractivity contribution in [2.75, 3.05) is 0 Å². The molecule has 0 aromatic heterocycles. The summed E-state index contributed by atoms with van der Waals surface area (Å²) in [6.45, 7) is 19.8. The predicted octanol–water partition coefficient (Wildman–Crippen LogP) is 4.40. The van der Waals surface area contributed by atoms with Gasteiger partial charge in [-0.2, -0.15) is 0 Å². The van der Waals surface area contributed by atoms with Crippen LogP contribution >= 0.6 is 0 Å². The number of hydrogen-bond donors (Lipinski definition) is 3. The van der Waals surface area contributed by atoms with Crippen LogP contribution in [0.3, 0.4) is 0 Å². The third kappa shape index (κ3) is 5.01. The fourth-order valence-corrected chi connectivity index (χ4v) is 5.96.